The lowest BCUT2D eigenvalue weighted by atomic mass is 9.93. The van der Waals surface area contributed by atoms with Crippen LogP contribution in [0.3, 0.4) is 0 Å². The molecular weight excluding hydrogens is 232 g/mol. The van der Waals surface area contributed by atoms with Gasteiger partial charge in [-0.2, -0.15) is 0 Å². The average Bonchev–Trinajstić information content (AvgIpc) is 2.26. The Bertz CT molecular complexity index is 292. The zero-order valence-corrected chi connectivity index (χ0v) is 11.8. The summed E-state index contributed by atoms with van der Waals surface area (Å²) in [7, 11) is 1.71. The summed E-state index contributed by atoms with van der Waals surface area (Å²) in [4.78, 5) is 24.7. The van der Waals surface area contributed by atoms with E-state index >= 15 is 0 Å². The van der Waals surface area contributed by atoms with E-state index in [1.54, 1.807) is 11.9 Å². The highest BCUT2D eigenvalue weighted by Gasteiger charge is 2.26. The Balaban J connectivity index is 4.60. The van der Waals surface area contributed by atoms with Gasteiger partial charge in [-0.25, -0.2) is 4.79 Å². The van der Waals surface area contributed by atoms with Crippen LogP contribution in [0, 0.1) is 5.41 Å². The lowest BCUT2D eigenvalue weighted by Crippen LogP contribution is -2.51. The van der Waals surface area contributed by atoms with E-state index in [1.807, 2.05) is 20.8 Å². The second-order valence-electron chi connectivity index (χ2n) is 5.41. The van der Waals surface area contributed by atoms with Crippen molar-refractivity contribution in [3.05, 3.63) is 0 Å². The molecule has 5 N–H and O–H groups in total. The minimum absolute atomic E-state index is 0.128. The number of nitrogens with zero attached hydrogens (tertiary/aromatic N) is 1. The highest BCUT2D eigenvalue weighted by Crippen LogP contribution is 2.15. The first kappa shape index (κ1) is 16.7. The van der Waals surface area contributed by atoms with Crippen LogP contribution in [-0.2, 0) is 4.79 Å². The second-order valence-corrected chi connectivity index (χ2v) is 5.41. The average molecular weight is 258 g/mol. The first-order valence-electron chi connectivity index (χ1n) is 6.24. The predicted octanol–water partition coefficient (Wildman–Crippen LogP) is 0.267. The first-order valence-corrected chi connectivity index (χ1v) is 6.24. The normalized spacial score (nSPS) is 12.9. The molecule has 106 valence electrons. The van der Waals surface area contributed by atoms with Gasteiger partial charge in [0.2, 0.25) is 5.91 Å². The Hall–Kier alpha value is -1.30. The first-order chi connectivity index (χ1) is 8.23. The summed E-state index contributed by atoms with van der Waals surface area (Å²) in [6, 6.07) is -1.22. The molecule has 0 aliphatic carbocycles. The lowest BCUT2D eigenvalue weighted by molar-refractivity contribution is -0.133. The van der Waals surface area contributed by atoms with Crippen LogP contribution >= 0.6 is 0 Å². The van der Waals surface area contributed by atoms with Crippen LogP contribution in [0.5, 0.6) is 0 Å². The number of hydrogen-bond acceptors (Lipinski definition) is 3. The number of carbonyl (C=O) groups excluding carboxylic acids is 2. The number of nitrogens with one attached hydrogen (secondary N) is 1. The van der Waals surface area contributed by atoms with Gasteiger partial charge < -0.3 is 21.7 Å². The van der Waals surface area contributed by atoms with Gasteiger partial charge in [0.25, 0.3) is 0 Å². The Morgan fingerprint density at radius 3 is 2.33 bits per heavy atom. The molecule has 0 aliphatic heterocycles. The van der Waals surface area contributed by atoms with Gasteiger partial charge in [0, 0.05) is 13.6 Å². The van der Waals surface area contributed by atoms with Gasteiger partial charge in [0.15, 0.2) is 0 Å². The SMILES string of the molecule is CCC[C@@H](NC(N)=O)C(=O)N(C)CC(C)(C)CN. The summed E-state index contributed by atoms with van der Waals surface area (Å²) in [5.74, 6) is -0.128. The summed E-state index contributed by atoms with van der Waals surface area (Å²) in [6.07, 6.45) is 1.37. The maximum absolute atomic E-state index is 12.2. The molecule has 0 spiro atoms. The van der Waals surface area contributed by atoms with Crippen molar-refractivity contribution in [2.24, 2.45) is 16.9 Å². The maximum Gasteiger partial charge on any atom is 0.312 e. The minimum atomic E-state index is -0.673. The molecular formula is C12H26N4O2. The van der Waals surface area contributed by atoms with Crippen LogP contribution < -0.4 is 16.8 Å². The molecule has 18 heavy (non-hydrogen) atoms. The van der Waals surface area contributed by atoms with Crippen molar-refractivity contribution >= 4 is 11.9 Å². The van der Waals surface area contributed by atoms with Gasteiger partial charge in [-0.3, -0.25) is 4.79 Å². The quantitative estimate of drug-likeness (QED) is 0.610. The van der Waals surface area contributed by atoms with E-state index < -0.39 is 12.1 Å². The van der Waals surface area contributed by atoms with Crippen LogP contribution in [0.2, 0.25) is 0 Å². The third kappa shape index (κ3) is 5.86. The molecule has 6 heteroatoms. The highest BCUT2D eigenvalue weighted by molar-refractivity contribution is 5.86. The Morgan fingerprint density at radius 2 is 1.94 bits per heavy atom. The Morgan fingerprint density at radius 1 is 1.39 bits per heavy atom. The molecule has 0 radical (unpaired) electrons. The monoisotopic (exact) mass is 258 g/mol. The fraction of sp³-hybridized carbons (Fsp3) is 0.833. The van der Waals surface area contributed by atoms with Crippen LogP contribution in [0.15, 0.2) is 0 Å². The van der Waals surface area contributed by atoms with Gasteiger partial charge in [0.1, 0.15) is 6.04 Å². The van der Waals surface area contributed by atoms with Crippen LogP contribution in [0.25, 0.3) is 0 Å². The molecule has 0 rings (SSSR count). The van der Waals surface area contributed by atoms with Crippen LogP contribution in [0.1, 0.15) is 33.6 Å². The van der Waals surface area contributed by atoms with Gasteiger partial charge in [-0.15, -0.1) is 0 Å². The van der Waals surface area contributed by atoms with E-state index in [4.69, 9.17) is 11.5 Å². The fourth-order valence-electron chi connectivity index (χ4n) is 1.77. The van der Waals surface area contributed by atoms with Crippen molar-refractivity contribution < 1.29 is 9.59 Å². The van der Waals surface area contributed by atoms with Crippen molar-refractivity contribution in [3.63, 3.8) is 0 Å². The molecule has 0 saturated heterocycles. The minimum Gasteiger partial charge on any atom is -0.352 e. The number of primary amides is 1. The van der Waals surface area contributed by atoms with Crippen molar-refractivity contribution in [3.8, 4) is 0 Å². The predicted molar refractivity (Wildman–Crippen MR) is 71.9 cm³/mol. The van der Waals surface area contributed by atoms with E-state index in [-0.39, 0.29) is 11.3 Å². The molecule has 0 aromatic heterocycles. The second kappa shape index (κ2) is 7.20. The molecule has 0 aromatic carbocycles. The summed E-state index contributed by atoms with van der Waals surface area (Å²) < 4.78 is 0. The number of carbonyl (C=O) groups is 2. The number of hydrogen-bond donors (Lipinski definition) is 3. The fourth-order valence-corrected chi connectivity index (χ4v) is 1.77. The molecule has 6 nitrogen and oxygen atoms in total. The Labute approximate surface area is 109 Å². The van der Waals surface area contributed by atoms with Gasteiger partial charge in [-0.05, 0) is 18.4 Å². The van der Waals surface area contributed by atoms with Gasteiger partial charge in [0.05, 0.1) is 0 Å². The molecule has 0 fully saturated rings. The number of amides is 3. The zero-order valence-electron chi connectivity index (χ0n) is 11.8. The van der Waals surface area contributed by atoms with E-state index in [0.29, 0.717) is 19.5 Å². The standard InChI is InChI=1S/C12H26N4O2/c1-5-6-9(15-11(14)18)10(17)16(4)8-12(2,3)7-13/h9H,5-8,13H2,1-4H3,(H3,14,15,18)/t9-/m1/s1. The van der Waals surface area contributed by atoms with E-state index in [9.17, 15) is 9.59 Å². The summed E-state index contributed by atoms with van der Waals surface area (Å²) >= 11 is 0. The third-order valence-electron chi connectivity index (χ3n) is 2.79. The molecule has 0 heterocycles. The molecule has 0 aliphatic rings. The smallest absolute Gasteiger partial charge is 0.312 e. The number of rotatable bonds is 7. The lowest BCUT2D eigenvalue weighted by Gasteiger charge is -2.31. The highest BCUT2D eigenvalue weighted by atomic mass is 16.2. The Kier molecular flexibility index (Phi) is 6.68. The molecule has 0 aromatic rings. The molecule has 3 amide bonds. The van der Waals surface area contributed by atoms with Gasteiger partial charge >= 0.3 is 6.03 Å². The summed E-state index contributed by atoms with van der Waals surface area (Å²) in [5.41, 5.74) is 10.6. The zero-order chi connectivity index (χ0) is 14.3. The van der Waals surface area contributed by atoms with Crippen LogP contribution in [-0.4, -0.2) is 43.0 Å². The molecule has 1 atom stereocenters. The third-order valence-corrected chi connectivity index (χ3v) is 2.79. The van der Waals surface area contributed by atoms with Crippen molar-refractivity contribution in [2.45, 2.75) is 39.7 Å². The molecule has 0 saturated carbocycles. The van der Waals surface area contributed by atoms with E-state index in [0.717, 1.165) is 6.42 Å². The molecule has 0 unspecified atom stereocenters. The van der Waals surface area contributed by atoms with E-state index in [2.05, 4.69) is 5.32 Å². The van der Waals surface area contributed by atoms with Crippen molar-refractivity contribution in [2.75, 3.05) is 20.1 Å². The molecule has 0 bridgehead atoms. The summed E-state index contributed by atoms with van der Waals surface area (Å²) in [6.45, 7) is 6.97. The number of likely N-dealkylation sites (N-methyl/N-ethyl adjacent to an activating group) is 1. The maximum atomic E-state index is 12.2. The summed E-state index contributed by atoms with van der Waals surface area (Å²) in [5, 5.41) is 2.48. The van der Waals surface area contributed by atoms with Crippen LogP contribution in [0.4, 0.5) is 4.79 Å². The van der Waals surface area contributed by atoms with E-state index in [1.165, 1.54) is 0 Å². The van der Waals surface area contributed by atoms with Gasteiger partial charge in [-0.1, -0.05) is 27.2 Å². The number of nitrogens with two attached hydrogens (primary N) is 2. The van der Waals surface area contributed by atoms with Crippen molar-refractivity contribution in [1.29, 1.82) is 0 Å². The van der Waals surface area contributed by atoms with Crippen molar-refractivity contribution in [1.82, 2.24) is 10.2 Å². The number of urea groups is 1. The topological polar surface area (TPSA) is 101 Å². The largest absolute Gasteiger partial charge is 0.352 e.